The molecule has 0 saturated heterocycles. The van der Waals surface area contributed by atoms with Gasteiger partial charge in [-0.3, -0.25) is 5.10 Å². The first-order valence-corrected chi connectivity index (χ1v) is 7.97. The minimum Gasteiger partial charge on any atom is -0.497 e. The van der Waals surface area contributed by atoms with Crippen molar-refractivity contribution in [2.24, 2.45) is 0 Å². The maximum absolute atomic E-state index is 6.32. The van der Waals surface area contributed by atoms with Crippen LogP contribution in [0.15, 0.2) is 42.6 Å². The van der Waals surface area contributed by atoms with E-state index in [1.807, 2.05) is 61.6 Å². The lowest BCUT2D eigenvalue weighted by Crippen LogP contribution is -2.11. The Labute approximate surface area is 145 Å². The van der Waals surface area contributed by atoms with Crippen molar-refractivity contribution in [2.45, 2.75) is 0 Å². The van der Waals surface area contributed by atoms with Crippen molar-refractivity contribution in [3.63, 3.8) is 0 Å². The zero-order valence-electron chi connectivity index (χ0n) is 14.4. The quantitative estimate of drug-likeness (QED) is 0.561. The topological polar surface area (TPSA) is 80.1 Å². The zero-order valence-corrected chi connectivity index (χ0v) is 14.4. The van der Waals surface area contributed by atoms with E-state index in [2.05, 4.69) is 10.2 Å². The number of pyridine rings is 1. The lowest BCUT2D eigenvalue weighted by atomic mass is 10.0. The number of methoxy groups -OCH3 is 1. The second-order valence-electron chi connectivity index (χ2n) is 6.14. The highest BCUT2D eigenvalue weighted by Gasteiger charge is 2.18. The molecule has 0 spiro atoms. The molecule has 126 valence electrons. The molecule has 6 heteroatoms. The number of benzene rings is 2. The molecule has 0 atom stereocenters. The van der Waals surface area contributed by atoms with Gasteiger partial charge in [0.25, 0.3) is 0 Å². The number of fused-ring (bicyclic) bond motifs is 3. The highest BCUT2D eigenvalue weighted by atomic mass is 16.5. The van der Waals surface area contributed by atoms with Gasteiger partial charge in [0.2, 0.25) is 0 Å². The molecule has 4 aromatic rings. The number of nitrogen functional groups attached to an aromatic ring is 1. The summed E-state index contributed by atoms with van der Waals surface area (Å²) in [5, 5.41) is 9.31. The van der Waals surface area contributed by atoms with Gasteiger partial charge in [-0.1, -0.05) is 6.07 Å². The Hall–Kier alpha value is -3.28. The molecule has 0 unspecified atom stereocenters. The Morgan fingerprint density at radius 2 is 1.96 bits per heavy atom. The Balaban J connectivity index is 2.11. The Morgan fingerprint density at radius 3 is 2.72 bits per heavy atom. The van der Waals surface area contributed by atoms with Crippen molar-refractivity contribution >= 4 is 33.2 Å². The molecule has 0 bridgehead atoms. The summed E-state index contributed by atoms with van der Waals surface area (Å²) in [7, 11) is 5.65. The van der Waals surface area contributed by atoms with Gasteiger partial charge < -0.3 is 15.4 Å². The summed E-state index contributed by atoms with van der Waals surface area (Å²) >= 11 is 0. The summed E-state index contributed by atoms with van der Waals surface area (Å²) in [6, 6.07) is 11.7. The summed E-state index contributed by atoms with van der Waals surface area (Å²) < 4.78 is 5.35. The van der Waals surface area contributed by atoms with Crippen LogP contribution in [-0.4, -0.2) is 36.4 Å². The maximum atomic E-state index is 6.32. The Bertz CT molecular complexity index is 1080. The van der Waals surface area contributed by atoms with Crippen molar-refractivity contribution in [3.8, 4) is 17.0 Å². The van der Waals surface area contributed by atoms with Crippen LogP contribution in [0, 0.1) is 0 Å². The molecule has 0 fully saturated rings. The first kappa shape index (κ1) is 15.3. The van der Waals surface area contributed by atoms with E-state index in [1.165, 1.54) is 0 Å². The van der Waals surface area contributed by atoms with E-state index in [-0.39, 0.29) is 0 Å². The van der Waals surface area contributed by atoms with Gasteiger partial charge in [-0.05, 0) is 30.3 Å². The Kier molecular flexibility index (Phi) is 3.46. The van der Waals surface area contributed by atoms with E-state index >= 15 is 0 Å². The molecular weight excluding hydrogens is 314 g/mol. The van der Waals surface area contributed by atoms with Crippen LogP contribution in [0.4, 0.5) is 11.4 Å². The molecular formula is C19H19N5O. The molecule has 0 saturated carbocycles. The zero-order chi connectivity index (χ0) is 17.6. The summed E-state index contributed by atoms with van der Waals surface area (Å²) in [5.41, 5.74) is 11.4. The number of nitrogens with one attached hydrogen (secondary N) is 1. The molecule has 3 N–H and O–H groups in total. The molecule has 2 heterocycles. The summed E-state index contributed by atoms with van der Waals surface area (Å²) in [6.07, 6.45) is 1.82. The molecule has 0 aliphatic rings. The van der Waals surface area contributed by atoms with E-state index in [4.69, 9.17) is 15.5 Å². The van der Waals surface area contributed by atoms with Gasteiger partial charge in [0, 0.05) is 41.8 Å². The molecule has 2 aromatic heterocycles. The van der Waals surface area contributed by atoms with Crippen LogP contribution >= 0.6 is 0 Å². The van der Waals surface area contributed by atoms with E-state index in [0.717, 1.165) is 44.5 Å². The first-order chi connectivity index (χ1) is 12.1. The molecule has 25 heavy (non-hydrogen) atoms. The van der Waals surface area contributed by atoms with Crippen LogP contribution in [-0.2, 0) is 0 Å². The van der Waals surface area contributed by atoms with Gasteiger partial charge in [-0.15, -0.1) is 0 Å². The number of rotatable bonds is 3. The second-order valence-corrected chi connectivity index (χ2v) is 6.14. The van der Waals surface area contributed by atoms with Crippen molar-refractivity contribution in [1.82, 2.24) is 15.2 Å². The van der Waals surface area contributed by atoms with Crippen LogP contribution in [0.1, 0.15) is 0 Å². The van der Waals surface area contributed by atoms with Gasteiger partial charge in [-0.2, -0.15) is 5.10 Å². The minimum atomic E-state index is 0.683. The van der Waals surface area contributed by atoms with E-state index in [9.17, 15) is 0 Å². The number of hydrogen-bond donors (Lipinski definition) is 2. The molecule has 2 aromatic carbocycles. The molecule has 0 amide bonds. The number of hydrogen-bond acceptors (Lipinski definition) is 5. The van der Waals surface area contributed by atoms with E-state index < -0.39 is 0 Å². The van der Waals surface area contributed by atoms with Crippen LogP contribution in [0.25, 0.3) is 33.1 Å². The number of nitrogens with zero attached hydrogens (tertiary/aromatic N) is 3. The average Bonchev–Trinajstić information content (AvgIpc) is 3.10. The predicted octanol–water partition coefficient (Wildman–Crippen LogP) is 3.43. The van der Waals surface area contributed by atoms with Crippen molar-refractivity contribution in [3.05, 3.63) is 42.6 Å². The fourth-order valence-electron chi connectivity index (χ4n) is 3.17. The molecule has 0 aliphatic carbocycles. The third-order valence-corrected chi connectivity index (χ3v) is 4.40. The van der Waals surface area contributed by atoms with E-state index in [1.54, 1.807) is 7.11 Å². The van der Waals surface area contributed by atoms with Crippen LogP contribution in [0.5, 0.6) is 5.75 Å². The molecule has 6 nitrogen and oxygen atoms in total. The normalized spacial score (nSPS) is 11.2. The van der Waals surface area contributed by atoms with Crippen LogP contribution in [0.2, 0.25) is 0 Å². The van der Waals surface area contributed by atoms with Gasteiger partial charge in [-0.25, -0.2) is 4.98 Å². The summed E-state index contributed by atoms with van der Waals surface area (Å²) in [6.45, 7) is 0. The predicted molar refractivity (Wildman–Crippen MR) is 102 cm³/mol. The van der Waals surface area contributed by atoms with Crippen LogP contribution < -0.4 is 15.4 Å². The van der Waals surface area contributed by atoms with Gasteiger partial charge in [0.15, 0.2) is 0 Å². The third-order valence-electron chi connectivity index (χ3n) is 4.40. The SMILES string of the molecule is COc1ccc2nc(-c3c(N)cccc3N(C)C)c3[nH]ncc3c2c1. The highest BCUT2D eigenvalue weighted by molar-refractivity contribution is 6.11. The molecule has 4 rings (SSSR count). The monoisotopic (exact) mass is 333 g/mol. The first-order valence-electron chi connectivity index (χ1n) is 7.97. The Morgan fingerprint density at radius 1 is 1.12 bits per heavy atom. The summed E-state index contributed by atoms with van der Waals surface area (Å²) in [4.78, 5) is 6.93. The standard InChI is InChI=1S/C19H19N5O/c1-24(2)16-6-4-5-14(20)17(16)19-18-13(10-21-23-18)12-9-11(25-3)7-8-15(12)22-19/h4-10H,20H2,1-3H3,(H,21,23). The fourth-order valence-corrected chi connectivity index (χ4v) is 3.17. The fraction of sp³-hybridized carbons (Fsp3) is 0.158. The minimum absolute atomic E-state index is 0.683. The average molecular weight is 333 g/mol. The highest BCUT2D eigenvalue weighted by Crippen LogP contribution is 2.39. The number of nitrogens with two attached hydrogens (primary N) is 1. The summed E-state index contributed by atoms with van der Waals surface area (Å²) in [5.74, 6) is 0.790. The number of ether oxygens (including phenoxy) is 1. The van der Waals surface area contributed by atoms with Gasteiger partial charge in [0.05, 0.1) is 24.3 Å². The lowest BCUT2D eigenvalue weighted by Gasteiger charge is -2.19. The van der Waals surface area contributed by atoms with Crippen molar-refractivity contribution in [2.75, 3.05) is 31.8 Å². The maximum Gasteiger partial charge on any atom is 0.119 e. The third kappa shape index (κ3) is 2.34. The molecule has 0 aliphatic heterocycles. The molecule has 0 radical (unpaired) electrons. The largest absolute Gasteiger partial charge is 0.497 e. The van der Waals surface area contributed by atoms with E-state index in [0.29, 0.717) is 5.69 Å². The number of aromatic amines is 1. The van der Waals surface area contributed by atoms with Crippen molar-refractivity contribution in [1.29, 1.82) is 0 Å². The number of aromatic nitrogens is 3. The second kappa shape index (κ2) is 5.66. The lowest BCUT2D eigenvalue weighted by molar-refractivity contribution is 0.415. The van der Waals surface area contributed by atoms with Gasteiger partial charge >= 0.3 is 0 Å². The van der Waals surface area contributed by atoms with Crippen molar-refractivity contribution < 1.29 is 4.74 Å². The number of anilines is 2. The van der Waals surface area contributed by atoms with Gasteiger partial charge in [0.1, 0.15) is 11.4 Å². The van der Waals surface area contributed by atoms with Crippen LogP contribution in [0.3, 0.4) is 0 Å². The smallest absolute Gasteiger partial charge is 0.119 e. The number of H-pyrrole nitrogens is 1.